The number of benzene rings is 1. The van der Waals surface area contributed by atoms with Crippen molar-refractivity contribution in [2.45, 2.75) is 20.0 Å². The summed E-state index contributed by atoms with van der Waals surface area (Å²) in [5.74, 6) is 1.14. The number of methoxy groups -OCH3 is 2. The Hall–Kier alpha value is -1.73. The highest BCUT2D eigenvalue weighted by Crippen LogP contribution is 2.36. The quantitative estimate of drug-likeness (QED) is 0.869. The lowest BCUT2D eigenvalue weighted by Crippen LogP contribution is -2.19. The molecular formula is C13H17NO3. The SMILES string of the molecule is COc1ccc(C(O)C(C)(C)C#N)cc1OC. The third kappa shape index (κ3) is 2.69. The predicted molar refractivity (Wildman–Crippen MR) is 63.9 cm³/mol. The van der Waals surface area contributed by atoms with Crippen molar-refractivity contribution in [2.24, 2.45) is 5.41 Å². The van der Waals surface area contributed by atoms with E-state index in [-0.39, 0.29) is 0 Å². The van der Waals surface area contributed by atoms with Crippen LogP contribution in [0.5, 0.6) is 11.5 Å². The highest BCUT2D eigenvalue weighted by atomic mass is 16.5. The summed E-state index contributed by atoms with van der Waals surface area (Å²) in [7, 11) is 3.08. The molecule has 92 valence electrons. The number of nitriles is 1. The summed E-state index contributed by atoms with van der Waals surface area (Å²) in [5, 5.41) is 19.1. The van der Waals surface area contributed by atoms with Crippen molar-refractivity contribution in [3.63, 3.8) is 0 Å². The maximum Gasteiger partial charge on any atom is 0.161 e. The number of aliphatic hydroxyl groups is 1. The second kappa shape index (κ2) is 5.07. The van der Waals surface area contributed by atoms with Gasteiger partial charge in [-0.25, -0.2) is 0 Å². The van der Waals surface area contributed by atoms with Gasteiger partial charge in [0.25, 0.3) is 0 Å². The standard InChI is InChI=1S/C13H17NO3/c1-13(2,8-14)12(15)9-5-6-10(16-3)11(7-9)17-4/h5-7,12,15H,1-4H3. The van der Waals surface area contributed by atoms with Crippen LogP contribution in [0.3, 0.4) is 0 Å². The van der Waals surface area contributed by atoms with E-state index in [1.807, 2.05) is 0 Å². The molecule has 0 aliphatic rings. The van der Waals surface area contributed by atoms with E-state index >= 15 is 0 Å². The molecule has 0 heterocycles. The Kier molecular flexibility index (Phi) is 3.97. The Morgan fingerprint density at radius 2 is 1.82 bits per heavy atom. The van der Waals surface area contributed by atoms with Gasteiger partial charge in [-0.05, 0) is 31.5 Å². The number of aliphatic hydroxyl groups excluding tert-OH is 1. The molecular weight excluding hydrogens is 218 g/mol. The van der Waals surface area contributed by atoms with E-state index < -0.39 is 11.5 Å². The highest BCUT2D eigenvalue weighted by molar-refractivity contribution is 5.44. The van der Waals surface area contributed by atoms with Crippen LogP contribution >= 0.6 is 0 Å². The molecule has 0 spiro atoms. The maximum absolute atomic E-state index is 10.1. The third-order valence-electron chi connectivity index (χ3n) is 2.70. The first-order valence-electron chi connectivity index (χ1n) is 5.27. The average Bonchev–Trinajstić information content (AvgIpc) is 2.36. The number of rotatable bonds is 4. The first-order valence-corrected chi connectivity index (χ1v) is 5.27. The Bertz CT molecular complexity index is 435. The predicted octanol–water partition coefficient (Wildman–Crippen LogP) is 2.29. The molecule has 0 fully saturated rings. The van der Waals surface area contributed by atoms with Crippen LogP contribution in [-0.2, 0) is 0 Å². The van der Waals surface area contributed by atoms with Gasteiger partial charge in [0, 0.05) is 0 Å². The molecule has 0 aliphatic heterocycles. The van der Waals surface area contributed by atoms with E-state index in [0.29, 0.717) is 17.1 Å². The topological polar surface area (TPSA) is 62.5 Å². The van der Waals surface area contributed by atoms with Crippen LogP contribution in [0.4, 0.5) is 0 Å². The zero-order valence-electron chi connectivity index (χ0n) is 10.5. The zero-order chi connectivity index (χ0) is 13.1. The molecule has 1 atom stereocenters. The molecule has 1 rings (SSSR count). The molecule has 0 amide bonds. The molecule has 0 saturated carbocycles. The summed E-state index contributed by atoms with van der Waals surface area (Å²) in [6.45, 7) is 3.38. The van der Waals surface area contributed by atoms with Gasteiger partial charge in [-0.1, -0.05) is 6.07 Å². The van der Waals surface area contributed by atoms with E-state index in [0.717, 1.165) is 0 Å². The number of nitrogens with zero attached hydrogens (tertiary/aromatic N) is 1. The zero-order valence-corrected chi connectivity index (χ0v) is 10.5. The lowest BCUT2D eigenvalue weighted by atomic mass is 9.84. The molecule has 0 aliphatic carbocycles. The average molecular weight is 235 g/mol. The monoisotopic (exact) mass is 235 g/mol. The van der Waals surface area contributed by atoms with Crippen LogP contribution in [0.25, 0.3) is 0 Å². The van der Waals surface area contributed by atoms with Gasteiger partial charge in [0.2, 0.25) is 0 Å². The van der Waals surface area contributed by atoms with Crippen LogP contribution < -0.4 is 9.47 Å². The Morgan fingerprint density at radius 3 is 2.29 bits per heavy atom. The molecule has 4 heteroatoms. The summed E-state index contributed by atoms with van der Waals surface area (Å²) in [4.78, 5) is 0. The van der Waals surface area contributed by atoms with E-state index in [4.69, 9.17) is 14.7 Å². The van der Waals surface area contributed by atoms with Gasteiger partial charge in [-0.2, -0.15) is 5.26 Å². The molecule has 0 saturated heterocycles. The van der Waals surface area contributed by atoms with Gasteiger partial charge in [0.15, 0.2) is 11.5 Å². The Labute approximate surface area is 101 Å². The number of ether oxygens (including phenoxy) is 2. The van der Waals surface area contributed by atoms with Crippen molar-refractivity contribution < 1.29 is 14.6 Å². The second-order valence-electron chi connectivity index (χ2n) is 4.35. The van der Waals surface area contributed by atoms with Crippen LogP contribution in [0, 0.1) is 16.7 Å². The van der Waals surface area contributed by atoms with E-state index in [1.54, 1.807) is 39.2 Å². The first kappa shape index (κ1) is 13.3. The fourth-order valence-corrected chi connectivity index (χ4v) is 1.50. The van der Waals surface area contributed by atoms with Crippen molar-refractivity contribution in [3.05, 3.63) is 23.8 Å². The minimum absolute atomic E-state index is 0.540. The summed E-state index contributed by atoms with van der Waals surface area (Å²) in [6, 6.07) is 7.21. The lowest BCUT2D eigenvalue weighted by molar-refractivity contribution is 0.0865. The molecule has 0 bridgehead atoms. The summed E-state index contributed by atoms with van der Waals surface area (Å²) in [5.41, 5.74) is -0.214. The smallest absolute Gasteiger partial charge is 0.161 e. The summed E-state index contributed by atoms with van der Waals surface area (Å²) < 4.78 is 10.3. The molecule has 1 aromatic rings. The van der Waals surface area contributed by atoms with Crippen LogP contribution in [-0.4, -0.2) is 19.3 Å². The van der Waals surface area contributed by atoms with E-state index in [2.05, 4.69) is 6.07 Å². The van der Waals surface area contributed by atoms with Gasteiger partial charge in [-0.3, -0.25) is 0 Å². The van der Waals surface area contributed by atoms with Gasteiger partial charge in [-0.15, -0.1) is 0 Å². The third-order valence-corrected chi connectivity index (χ3v) is 2.70. The van der Waals surface area contributed by atoms with Crippen LogP contribution in [0.1, 0.15) is 25.5 Å². The maximum atomic E-state index is 10.1. The molecule has 17 heavy (non-hydrogen) atoms. The molecule has 4 nitrogen and oxygen atoms in total. The minimum atomic E-state index is -0.868. The summed E-state index contributed by atoms with van der Waals surface area (Å²) in [6.07, 6.45) is -0.868. The lowest BCUT2D eigenvalue weighted by Gasteiger charge is -2.23. The first-order chi connectivity index (χ1) is 7.96. The van der Waals surface area contributed by atoms with Crippen LogP contribution in [0.2, 0.25) is 0 Å². The van der Waals surface area contributed by atoms with E-state index in [9.17, 15) is 5.11 Å². The largest absolute Gasteiger partial charge is 0.493 e. The normalized spacial score (nSPS) is 12.7. The van der Waals surface area contributed by atoms with Crippen molar-refractivity contribution in [2.75, 3.05) is 14.2 Å². The van der Waals surface area contributed by atoms with Gasteiger partial charge < -0.3 is 14.6 Å². The molecule has 1 unspecified atom stereocenters. The van der Waals surface area contributed by atoms with Crippen LogP contribution in [0.15, 0.2) is 18.2 Å². The Balaban J connectivity index is 3.13. The minimum Gasteiger partial charge on any atom is -0.493 e. The van der Waals surface area contributed by atoms with Gasteiger partial charge in [0.1, 0.15) is 0 Å². The van der Waals surface area contributed by atoms with Gasteiger partial charge in [0.05, 0.1) is 31.8 Å². The Morgan fingerprint density at radius 1 is 1.24 bits per heavy atom. The molecule has 1 aromatic carbocycles. The summed E-state index contributed by atoms with van der Waals surface area (Å²) >= 11 is 0. The van der Waals surface area contributed by atoms with Gasteiger partial charge >= 0.3 is 0 Å². The van der Waals surface area contributed by atoms with Crippen molar-refractivity contribution in [1.29, 1.82) is 5.26 Å². The van der Waals surface area contributed by atoms with Crippen molar-refractivity contribution >= 4 is 0 Å². The van der Waals surface area contributed by atoms with Crippen molar-refractivity contribution in [1.82, 2.24) is 0 Å². The molecule has 0 aromatic heterocycles. The second-order valence-corrected chi connectivity index (χ2v) is 4.35. The fourth-order valence-electron chi connectivity index (χ4n) is 1.50. The van der Waals surface area contributed by atoms with E-state index in [1.165, 1.54) is 7.11 Å². The fraction of sp³-hybridized carbons (Fsp3) is 0.462. The molecule has 1 N–H and O–H groups in total. The number of hydrogen-bond acceptors (Lipinski definition) is 4. The highest BCUT2D eigenvalue weighted by Gasteiger charge is 2.29. The number of hydrogen-bond donors (Lipinski definition) is 1. The van der Waals surface area contributed by atoms with Crippen molar-refractivity contribution in [3.8, 4) is 17.6 Å². The molecule has 0 radical (unpaired) electrons.